The summed E-state index contributed by atoms with van der Waals surface area (Å²) >= 11 is 16.7. The highest BCUT2D eigenvalue weighted by atomic mass is 35.6. The number of H-pyrrole nitrogens is 1. The smallest absolute Gasteiger partial charge is 0.248 e. The lowest BCUT2D eigenvalue weighted by atomic mass is 10.3. The highest BCUT2D eigenvalue weighted by molar-refractivity contribution is 6.66. The van der Waals surface area contributed by atoms with E-state index in [4.69, 9.17) is 34.8 Å². The van der Waals surface area contributed by atoms with Gasteiger partial charge < -0.3 is 4.98 Å². The molecule has 0 saturated heterocycles. The number of imidazole rings is 1. The molecule has 15 heavy (non-hydrogen) atoms. The molecule has 0 unspecified atom stereocenters. The summed E-state index contributed by atoms with van der Waals surface area (Å²) < 4.78 is 23.9. The topological polar surface area (TPSA) is 28.7 Å². The summed E-state index contributed by atoms with van der Waals surface area (Å²) in [4.78, 5) is 6.42. The predicted octanol–water partition coefficient (Wildman–Crippen LogP) is 3.67. The molecule has 2 rings (SSSR count). The lowest BCUT2D eigenvalue weighted by Crippen LogP contribution is -2.01. The number of fused-ring (bicyclic) bond motifs is 1. The summed E-state index contributed by atoms with van der Waals surface area (Å²) in [5.41, 5.74) is 0.477. The zero-order valence-electron chi connectivity index (χ0n) is 6.99. The first-order valence-electron chi connectivity index (χ1n) is 3.80. The molecule has 1 N–H and O–H groups in total. The second-order valence-electron chi connectivity index (χ2n) is 2.87. The first kappa shape index (κ1) is 10.9. The fourth-order valence-electron chi connectivity index (χ4n) is 1.14. The van der Waals surface area contributed by atoms with Crippen LogP contribution in [0.4, 0.5) is 8.78 Å². The third-order valence-corrected chi connectivity index (χ3v) is 2.33. The van der Waals surface area contributed by atoms with Crippen molar-refractivity contribution in [3.8, 4) is 0 Å². The van der Waals surface area contributed by atoms with Gasteiger partial charge >= 0.3 is 0 Å². The van der Waals surface area contributed by atoms with Gasteiger partial charge in [0, 0.05) is 12.1 Å². The Morgan fingerprint density at radius 1 is 1.13 bits per heavy atom. The average Bonchev–Trinajstić information content (AvgIpc) is 2.47. The standard InChI is InChI=1S/C8H3Cl3F2N2/c9-8(10,11)7-14-5-1-3(12)4(13)2-6(5)15-7/h1-2H,(H,14,15). The molecule has 0 aliphatic carbocycles. The molecule has 0 aliphatic heterocycles. The summed E-state index contributed by atoms with van der Waals surface area (Å²) in [5, 5.41) is 0. The van der Waals surface area contributed by atoms with Crippen LogP contribution >= 0.6 is 34.8 Å². The first-order chi connectivity index (χ1) is 6.88. The van der Waals surface area contributed by atoms with Crippen molar-refractivity contribution in [3.05, 3.63) is 29.6 Å². The fourth-order valence-corrected chi connectivity index (χ4v) is 1.41. The molecule has 0 amide bonds. The van der Waals surface area contributed by atoms with Crippen molar-refractivity contribution in [2.75, 3.05) is 0 Å². The van der Waals surface area contributed by atoms with Gasteiger partial charge in [0.2, 0.25) is 3.79 Å². The van der Waals surface area contributed by atoms with Crippen molar-refractivity contribution in [3.63, 3.8) is 0 Å². The molecule has 1 aromatic heterocycles. The third kappa shape index (κ3) is 2.02. The molecule has 0 atom stereocenters. The molecule has 0 spiro atoms. The number of hydrogen-bond acceptors (Lipinski definition) is 1. The van der Waals surface area contributed by atoms with E-state index in [1.54, 1.807) is 0 Å². The summed E-state index contributed by atoms with van der Waals surface area (Å²) in [6.45, 7) is 0. The maximum atomic E-state index is 12.8. The monoisotopic (exact) mass is 270 g/mol. The fraction of sp³-hybridized carbons (Fsp3) is 0.125. The van der Waals surface area contributed by atoms with Crippen molar-refractivity contribution in [1.29, 1.82) is 0 Å². The molecule has 1 aromatic carbocycles. The van der Waals surface area contributed by atoms with E-state index < -0.39 is 15.4 Å². The van der Waals surface area contributed by atoms with Crippen LogP contribution in [0.2, 0.25) is 0 Å². The second-order valence-corrected chi connectivity index (χ2v) is 5.15. The summed E-state index contributed by atoms with van der Waals surface area (Å²) in [5.74, 6) is -1.96. The number of halogens is 5. The van der Waals surface area contributed by atoms with Crippen molar-refractivity contribution >= 4 is 45.8 Å². The normalized spacial score (nSPS) is 12.3. The van der Waals surface area contributed by atoms with Crippen LogP contribution in [0.1, 0.15) is 5.82 Å². The van der Waals surface area contributed by atoms with Crippen LogP contribution in [0.3, 0.4) is 0 Å². The Labute approximate surface area is 98.1 Å². The van der Waals surface area contributed by atoms with Gasteiger partial charge in [-0.15, -0.1) is 0 Å². The highest BCUT2D eigenvalue weighted by Crippen LogP contribution is 2.37. The van der Waals surface area contributed by atoms with E-state index in [9.17, 15) is 8.78 Å². The molecular formula is C8H3Cl3F2N2. The van der Waals surface area contributed by atoms with Crippen molar-refractivity contribution < 1.29 is 8.78 Å². The Morgan fingerprint density at radius 3 is 2.33 bits per heavy atom. The minimum absolute atomic E-state index is 0.0208. The molecule has 0 saturated carbocycles. The van der Waals surface area contributed by atoms with Crippen LogP contribution in [-0.4, -0.2) is 9.97 Å². The molecule has 0 fully saturated rings. The molecule has 2 nitrogen and oxygen atoms in total. The van der Waals surface area contributed by atoms with Crippen LogP contribution in [0.5, 0.6) is 0 Å². The van der Waals surface area contributed by atoms with Gasteiger partial charge in [0.1, 0.15) is 0 Å². The molecule has 2 aromatic rings. The SMILES string of the molecule is Fc1cc2nc(C(Cl)(Cl)Cl)[nH]c2cc1F. The van der Waals surface area contributed by atoms with E-state index in [-0.39, 0.29) is 16.9 Å². The van der Waals surface area contributed by atoms with E-state index in [0.29, 0.717) is 0 Å². The third-order valence-electron chi connectivity index (χ3n) is 1.79. The number of alkyl halides is 3. The van der Waals surface area contributed by atoms with E-state index in [1.165, 1.54) is 0 Å². The van der Waals surface area contributed by atoms with E-state index in [1.807, 2.05) is 0 Å². The number of benzene rings is 1. The number of aromatic nitrogens is 2. The number of nitrogens with zero attached hydrogens (tertiary/aromatic N) is 1. The first-order valence-corrected chi connectivity index (χ1v) is 4.93. The van der Waals surface area contributed by atoms with Gasteiger partial charge in [-0.3, -0.25) is 0 Å². The lowest BCUT2D eigenvalue weighted by Gasteiger charge is -2.04. The average molecular weight is 271 g/mol. The van der Waals surface area contributed by atoms with Crippen molar-refractivity contribution in [1.82, 2.24) is 9.97 Å². The Balaban J connectivity index is 2.66. The predicted molar refractivity (Wildman–Crippen MR) is 55.2 cm³/mol. The van der Waals surface area contributed by atoms with Crippen LogP contribution in [0.25, 0.3) is 11.0 Å². The largest absolute Gasteiger partial charge is 0.338 e. The van der Waals surface area contributed by atoms with Gasteiger partial charge in [0.25, 0.3) is 0 Å². The van der Waals surface area contributed by atoms with Gasteiger partial charge in [0.05, 0.1) is 11.0 Å². The Hall–Kier alpha value is -0.580. The zero-order valence-corrected chi connectivity index (χ0v) is 9.26. The molecule has 80 valence electrons. The quantitative estimate of drug-likeness (QED) is 0.728. The lowest BCUT2D eigenvalue weighted by molar-refractivity contribution is 0.510. The van der Waals surface area contributed by atoms with Gasteiger partial charge in [-0.1, -0.05) is 34.8 Å². The van der Waals surface area contributed by atoms with Crippen LogP contribution in [0, 0.1) is 11.6 Å². The van der Waals surface area contributed by atoms with Gasteiger partial charge in [-0.2, -0.15) is 0 Å². The zero-order chi connectivity index (χ0) is 11.2. The van der Waals surface area contributed by atoms with Crippen LogP contribution in [-0.2, 0) is 3.79 Å². The Kier molecular flexibility index (Phi) is 2.53. The summed E-state index contributed by atoms with van der Waals surface area (Å²) in [6, 6.07) is 1.89. The molecule has 0 aliphatic rings. The highest BCUT2D eigenvalue weighted by Gasteiger charge is 2.27. The minimum atomic E-state index is -1.74. The van der Waals surface area contributed by atoms with E-state index >= 15 is 0 Å². The Morgan fingerprint density at radius 2 is 1.73 bits per heavy atom. The number of rotatable bonds is 0. The maximum absolute atomic E-state index is 12.8. The van der Waals surface area contributed by atoms with E-state index in [2.05, 4.69) is 9.97 Å². The number of hydrogen-bond donors (Lipinski definition) is 1. The van der Waals surface area contributed by atoms with Gasteiger partial charge in [-0.05, 0) is 0 Å². The van der Waals surface area contributed by atoms with Crippen molar-refractivity contribution in [2.45, 2.75) is 3.79 Å². The summed E-state index contributed by atoms with van der Waals surface area (Å²) in [6.07, 6.45) is 0. The molecule has 7 heteroatoms. The molecule has 0 radical (unpaired) electrons. The molecular weight excluding hydrogens is 268 g/mol. The maximum Gasteiger partial charge on any atom is 0.248 e. The minimum Gasteiger partial charge on any atom is -0.338 e. The number of aromatic amines is 1. The van der Waals surface area contributed by atoms with E-state index in [0.717, 1.165) is 12.1 Å². The Bertz CT molecular complexity index is 479. The second kappa shape index (κ2) is 3.47. The summed E-state index contributed by atoms with van der Waals surface area (Å²) in [7, 11) is 0. The van der Waals surface area contributed by atoms with Gasteiger partial charge in [0.15, 0.2) is 17.5 Å². The number of nitrogens with one attached hydrogen (secondary N) is 1. The van der Waals surface area contributed by atoms with Crippen molar-refractivity contribution in [2.24, 2.45) is 0 Å². The molecule has 1 heterocycles. The van der Waals surface area contributed by atoms with Crippen LogP contribution < -0.4 is 0 Å². The van der Waals surface area contributed by atoms with Crippen LogP contribution in [0.15, 0.2) is 12.1 Å². The molecule has 0 bridgehead atoms. The van der Waals surface area contributed by atoms with Gasteiger partial charge in [-0.25, -0.2) is 13.8 Å².